The predicted molar refractivity (Wildman–Crippen MR) is 156 cm³/mol. The monoisotopic (exact) mass is 692 g/mol. The van der Waals surface area contributed by atoms with Gasteiger partial charge in [0.1, 0.15) is 17.3 Å². The molecule has 0 spiro atoms. The summed E-state index contributed by atoms with van der Waals surface area (Å²) >= 11 is 0. The van der Waals surface area contributed by atoms with E-state index >= 15 is 13.2 Å². The van der Waals surface area contributed by atoms with Gasteiger partial charge in [-0.2, -0.15) is 11.3 Å². The van der Waals surface area contributed by atoms with Crippen LogP contribution in [0.4, 0.5) is 19.0 Å². The van der Waals surface area contributed by atoms with E-state index in [1.165, 1.54) is 18.7 Å². The largest absolute Gasteiger partial charge is 2.00 e. The number of nitrogens with zero attached hydrogens (tertiary/aromatic N) is 5. The van der Waals surface area contributed by atoms with E-state index < -0.39 is 22.7 Å². The molecule has 43 heavy (non-hydrogen) atoms. The molecule has 0 amide bonds. The summed E-state index contributed by atoms with van der Waals surface area (Å²) < 4.78 is 47.7. The number of nitrogens with one attached hydrogen (secondary N) is 1. The topological polar surface area (TPSA) is 86.8 Å². The molecule has 0 atom stereocenters. The Morgan fingerprint density at radius 3 is 2.47 bits per heavy atom. The van der Waals surface area contributed by atoms with Crippen molar-refractivity contribution in [1.29, 1.82) is 5.26 Å². The van der Waals surface area contributed by atoms with Crippen molar-refractivity contribution in [2.45, 2.75) is 76.2 Å². The molecule has 1 saturated heterocycles. The molecular formula is C32H37CdF3N6O. The van der Waals surface area contributed by atoms with E-state index in [-0.39, 0.29) is 58.2 Å². The van der Waals surface area contributed by atoms with Gasteiger partial charge in [-0.1, -0.05) is 31.9 Å². The van der Waals surface area contributed by atoms with Gasteiger partial charge in [-0.05, 0) is 56.7 Å². The minimum atomic E-state index is -3.29. The molecule has 8 bridgehead atoms. The van der Waals surface area contributed by atoms with Crippen LogP contribution < -0.4 is 10.9 Å². The maximum Gasteiger partial charge on any atom is 2.00 e. The van der Waals surface area contributed by atoms with Gasteiger partial charge in [0, 0.05) is 37.4 Å². The number of hydrogen-bond donors (Lipinski definition) is 1. The van der Waals surface area contributed by atoms with E-state index in [2.05, 4.69) is 26.3 Å². The van der Waals surface area contributed by atoms with Crippen LogP contribution in [0.15, 0.2) is 29.1 Å². The molecule has 1 aromatic carbocycles. The van der Waals surface area contributed by atoms with Gasteiger partial charge in [0.15, 0.2) is 0 Å². The summed E-state index contributed by atoms with van der Waals surface area (Å²) in [5, 5.41) is 13.4. The number of benzene rings is 1. The van der Waals surface area contributed by atoms with Crippen LogP contribution >= 0.6 is 0 Å². The molecule has 0 radical (unpaired) electrons. The average Bonchev–Trinajstić information content (AvgIpc) is 3.71. The smallest absolute Gasteiger partial charge is 0.399 e. The second-order valence-electron chi connectivity index (χ2n) is 11.9. The molecule has 3 aliphatic heterocycles. The average molecular weight is 691 g/mol. The third kappa shape index (κ3) is 6.58. The van der Waals surface area contributed by atoms with Crippen molar-refractivity contribution in [3.63, 3.8) is 0 Å². The normalized spacial score (nSPS) is 22.7. The number of aromatic nitrogens is 3. The van der Waals surface area contributed by atoms with Crippen LogP contribution in [0.1, 0.15) is 73.9 Å². The van der Waals surface area contributed by atoms with Crippen LogP contribution in [-0.2, 0) is 45.2 Å². The fraction of sp³-hybridized carbons (Fsp3) is 0.500. The zero-order valence-electron chi connectivity index (χ0n) is 24.9. The minimum Gasteiger partial charge on any atom is -0.399 e. The molecule has 1 N–H and O–H groups in total. The van der Waals surface area contributed by atoms with E-state index in [1.807, 2.05) is 0 Å². The summed E-state index contributed by atoms with van der Waals surface area (Å²) in [5.74, 6) is -3.69. The first-order valence-electron chi connectivity index (χ1n) is 14.5. The maximum atomic E-state index is 15.5. The Balaban J connectivity index is 0.00000212. The summed E-state index contributed by atoms with van der Waals surface area (Å²) in [6.07, 6.45) is 5.57. The Hall–Kier alpha value is -2.66. The van der Waals surface area contributed by atoms with Crippen molar-refractivity contribution in [1.82, 2.24) is 19.4 Å². The molecule has 2 aromatic heterocycles. The third-order valence-electron chi connectivity index (χ3n) is 8.76. The first-order valence-corrected chi connectivity index (χ1v) is 14.5. The Morgan fingerprint density at radius 1 is 1.07 bits per heavy atom. The quantitative estimate of drug-likeness (QED) is 0.240. The standard InChI is InChI=1S/C31H34F3N6O.CH3.Cd/c1-20-37-27-23-14-25(30(19-35)10-11-30)29(41)40(28(23)38-20)13-6-4-2-3-5-12-39-17-21(18-39)15-31(33,34)24-9-7-8-22(16-36-27)26(24)32;;/h7-9,14,16,21H,2-6,10-13,15,17-18H2,1H3,(H,36,37,38);1H3;/q2*-1;+2. The number of hydrogen-bond acceptors (Lipinski definition) is 6. The maximum absolute atomic E-state index is 15.5. The molecule has 3 aromatic rings. The Labute approximate surface area is 271 Å². The van der Waals surface area contributed by atoms with Crippen LogP contribution in [0.25, 0.3) is 11.0 Å². The first-order chi connectivity index (χ1) is 19.7. The van der Waals surface area contributed by atoms with Crippen LogP contribution in [0, 0.1) is 44.0 Å². The minimum absolute atomic E-state index is 0. The summed E-state index contributed by atoms with van der Waals surface area (Å²) in [5.41, 5.74) is -0.805. The molecule has 2 fully saturated rings. The van der Waals surface area contributed by atoms with Crippen LogP contribution in [-0.4, -0.2) is 39.1 Å². The van der Waals surface area contributed by atoms with Crippen LogP contribution in [0.3, 0.4) is 0 Å². The molecule has 7 rings (SSSR count). The summed E-state index contributed by atoms with van der Waals surface area (Å²) in [4.78, 5) is 25.0. The fourth-order valence-electron chi connectivity index (χ4n) is 6.27. The first kappa shape index (κ1) is 33.2. The van der Waals surface area contributed by atoms with Crippen molar-refractivity contribution >= 4 is 16.9 Å². The number of fused-ring (bicyclic) bond motifs is 8. The summed E-state index contributed by atoms with van der Waals surface area (Å²) in [6, 6.07) is 8.04. The van der Waals surface area contributed by atoms with Gasteiger partial charge >= 0.3 is 27.3 Å². The zero-order valence-corrected chi connectivity index (χ0v) is 29.0. The molecule has 224 valence electrons. The molecule has 4 aliphatic rings. The second kappa shape index (κ2) is 13.1. The van der Waals surface area contributed by atoms with Crippen LogP contribution in [0.2, 0.25) is 0 Å². The van der Waals surface area contributed by atoms with Gasteiger partial charge < -0.3 is 17.6 Å². The Morgan fingerprint density at radius 2 is 1.77 bits per heavy atom. The SMILES string of the molecule is Cc1nc2c3cc(C4(C#N)CC4)c(=O)n(c3n1)CCCCCCCN1CC(C1)CC(F)(F)c1cccc(c1F)[CH-]N2.[CH3-].[Cd+2]. The number of rotatable bonds is 1. The molecular weight excluding hydrogens is 654 g/mol. The predicted octanol–water partition coefficient (Wildman–Crippen LogP) is 6.24. The number of pyridine rings is 1. The number of halogens is 3. The van der Waals surface area contributed by atoms with Crippen molar-refractivity contribution in [3.8, 4) is 6.07 Å². The number of nitriles is 1. The number of aryl methyl sites for hydroxylation is 2. The molecule has 5 heterocycles. The molecule has 0 unspecified atom stereocenters. The molecule has 11 heteroatoms. The molecule has 7 nitrogen and oxygen atoms in total. The number of anilines is 1. The molecule has 1 aliphatic carbocycles. The Bertz CT molecular complexity index is 1580. The molecule has 1 saturated carbocycles. The summed E-state index contributed by atoms with van der Waals surface area (Å²) in [7, 11) is 0. The second-order valence-corrected chi connectivity index (χ2v) is 11.9. The van der Waals surface area contributed by atoms with E-state index in [0.29, 0.717) is 60.7 Å². The van der Waals surface area contributed by atoms with Gasteiger partial charge in [0.05, 0.1) is 16.9 Å². The van der Waals surface area contributed by atoms with Crippen molar-refractivity contribution in [3.05, 3.63) is 76.9 Å². The number of alkyl halides is 2. The van der Waals surface area contributed by atoms with Gasteiger partial charge in [-0.25, -0.2) is 18.7 Å². The van der Waals surface area contributed by atoms with Crippen LogP contribution in [0.5, 0.6) is 0 Å². The van der Waals surface area contributed by atoms with Crippen molar-refractivity contribution in [2.24, 2.45) is 5.92 Å². The van der Waals surface area contributed by atoms with Gasteiger partial charge in [-0.3, -0.25) is 13.8 Å². The van der Waals surface area contributed by atoms with Crippen molar-refractivity contribution < 1.29 is 40.5 Å². The fourth-order valence-corrected chi connectivity index (χ4v) is 6.27. The van der Waals surface area contributed by atoms with E-state index in [0.717, 1.165) is 44.7 Å². The zero-order chi connectivity index (χ0) is 28.8. The van der Waals surface area contributed by atoms with E-state index in [4.69, 9.17) is 0 Å². The van der Waals surface area contributed by atoms with Crippen molar-refractivity contribution in [2.75, 3.05) is 25.0 Å². The van der Waals surface area contributed by atoms with Gasteiger partial charge in [0.2, 0.25) is 0 Å². The van der Waals surface area contributed by atoms with E-state index in [9.17, 15) is 10.1 Å². The van der Waals surface area contributed by atoms with Gasteiger partial charge in [0.25, 0.3) is 11.5 Å². The van der Waals surface area contributed by atoms with E-state index in [1.54, 1.807) is 17.6 Å². The Kier molecular flexibility index (Phi) is 10.2. The van der Waals surface area contributed by atoms with Gasteiger partial charge in [-0.15, -0.1) is 11.6 Å². The summed E-state index contributed by atoms with van der Waals surface area (Å²) in [6.45, 7) is 5.58. The third-order valence-corrected chi connectivity index (χ3v) is 8.76.